The average molecular weight is 223 g/mol. The summed E-state index contributed by atoms with van der Waals surface area (Å²) in [6.45, 7) is 4.04. The Morgan fingerprint density at radius 1 is 1.50 bits per heavy atom. The van der Waals surface area contributed by atoms with Crippen LogP contribution in [0, 0.1) is 0 Å². The van der Waals surface area contributed by atoms with E-state index in [0.717, 1.165) is 0 Å². The van der Waals surface area contributed by atoms with E-state index < -0.39 is 6.04 Å². The number of ether oxygens (including phenoxy) is 2. The summed E-state index contributed by atoms with van der Waals surface area (Å²) in [5, 5.41) is 0. The Hall–Kier alpha value is -1.55. The van der Waals surface area contributed by atoms with Crippen LogP contribution in [0.1, 0.15) is 24.2 Å². The van der Waals surface area contributed by atoms with Gasteiger partial charge < -0.3 is 15.2 Å². The number of carbonyl (C=O) groups is 1. The summed E-state index contributed by atoms with van der Waals surface area (Å²) in [4.78, 5) is 11.8. The van der Waals surface area contributed by atoms with Crippen molar-refractivity contribution in [2.75, 3.05) is 13.7 Å². The Labute approximate surface area is 95.3 Å². The topological polar surface area (TPSA) is 61.5 Å². The third-order valence-corrected chi connectivity index (χ3v) is 2.16. The maximum absolute atomic E-state index is 11.8. The van der Waals surface area contributed by atoms with Gasteiger partial charge in [0.1, 0.15) is 0 Å². The van der Waals surface area contributed by atoms with Crippen molar-refractivity contribution in [1.82, 2.24) is 0 Å². The second-order valence-corrected chi connectivity index (χ2v) is 3.42. The summed E-state index contributed by atoms with van der Waals surface area (Å²) in [6.07, 6.45) is 0. The minimum Gasteiger partial charge on any atom is -0.492 e. The number of hydrogen-bond acceptors (Lipinski definition) is 4. The van der Waals surface area contributed by atoms with Crippen LogP contribution in [0.4, 0.5) is 0 Å². The Morgan fingerprint density at radius 2 is 2.19 bits per heavy atom. The van der Waals surface area contributed by atoms with Crippen molar-refractivity contribution < 1.29 is 14.3 Å². The van der Waals surface area contributed by atoms with E-state index in [1.165, 1.54) is 7.11 Å². The van der Waals surface area contributed by atoms with Gasteiger partial charge in [0.15, 0.2) is 17.3 Å². The van der Waals surface area contributed by atoms with Crippen molar-refractivity contribution in [3.63, 3.8) is 0 Å². The molecule has 4 nitrogen and oxygen atoms in total. The molecule has 0 amide bonds. The number of Topliss-reactive ketones (excluding diaryl/α,β-unsaturated/α-hetero) is 1. The molecule has 0 aliphatic heterocycles. The molecule has 1 rings (SSSR count). The van der Waals surface area contributed by atoms with Crippen LogP contribution in [0.3, 0.4) is 0 Å². The van der Waals surface area contributed by atoms with Crippen LogP contribution in [-0.2, 0) is 0 Å². The fourth-order valence-electron chi connectivity index (χ4n) is 1.43. The molecule has 1 atom stereocenters. The highest BCUT2D eigenvalue weighted by atomic mass is 16.5. The summed E-state index contributed by atoms with van der Waals surface area (Å²) in [6, 6.07) is 4.65. The summed E-state index contributed by atoms with van der Waals surface area (Å²) in [5.41, 5.74) is 6.03. The van der Waals surface area contributed by atoms with Gasteiger partial charge in [0, 0.05) is 0 Å². The zero-order chi connectivity index (χ0) is 12.1. The quantitative estimate of drug-likeness (QED) is 0.770. The molecule has 0 fully saturated rings. The number of ketones is 1. The molecule has 0 saturated heterocycles. The van der Waals surface area contributed by atoms with Gasteiger partial charge >= 0.3 is 0 Å². The van der Waals surface area contributed by atoms with Gasteiger partial charge in [0.25, 0.3) is 0 Å². The van der Waals surface area contributed by atoms with Crippen molar-refractivity contribution >= 4 is 5.78 Å². The number of hydrogen-bond donors (Lipinski definition) is 1. The summed E-state index contributed by atoms with van der Waals surface area (Å²) in [5.74, 6) is 0.863. The molecule has 0 bridgehead atoms. The molecule has 0 radical (unpaired) electrons. The van der Waals surface area contributed by atoms with Gasteiger partial charge in [-0.15, -0.1) is 0 Å². The standard InChI is InChI=1S/C12H17NO3/c1-4-16-10-7-5-6-9(12(10)15-3)11(14)8(2)13/h5-8H,4,13H2,1-3H3. The Morgan fingerprint density at radius 3 is 2.69 bits per heavy atom. The Bertz CT molecular complexity index is 375. The van der Waals surface area contributed by atoms with Crippen LogP contribution in [0.25, 0.3) is 0 Å². The molecule has 0 aliphatic carbocycles. The molecule has 1 aromatic rings. The van der Waals surface area contributed by atoms with E-state index in [-0.39, 0.29) is 5.78 Å². The largest absolute Gasteiger partial charge is 0.492 e. The summed E-state index contributed by atoms with van der Waals surface area (Å²) in [7, 11) is 1.51. The van der Waals surface area contributed by atoms with E-state index in [1.54, 1.807) is 25.1 Å². The summed E-state index contributed by atoms with van der Waals surface area (Å²) >= 11 is 0. The van der Waals surface area contributed by atoms with Gasteiger partial charge in [0.2, 0.25) is 0 Å². The first kappa shape index (κ1) is 12.5. The molecule has 0 heterocycles. The number of rotatable bonds is 5. The van der Waals surface area contributed by atoms with Gasteiger partial charge in [-0.1, -0.05) is 6.07 Å². The fourth-order valence-corrected chi connectivity index (χ4v) is 1.43. The Kier molecular flexibility index (Phi) is 4.31. The maximum atomic E-state index is 11.8. The van der Waals surface area contributed by atoms with Crippen LogP contribution in [0.15, 0.2) is 18.2 Å². The molecule has 0 saturated carbocycles. The smallest absolute Gasteiger partial charge is 0.183 e. The third kappa shape index (κ3) is 2.52. The third-order valence-electron chi connectivity index (χ3n) is 2.16. The average Bonchev–Trinajstić information content (AvgIpc) is 2.28. The zero-order valence-electron chi connectivity index (χ0n) is 9.82. The van der Waals surface area contributed by atoms with E-state index in [9.17, 15) is 4.79 Å². The van der Waals surface area contributed by atoms with Crippen molar-refractivity contribution in [2.45, 2.75) is 19.9 Å². The van der Waals surface area contributed by atoms with E-state index in [0.29, 0.717) is 23.7 Å². The lowest BCUT2D eigenvalue weighted by Gasteiger charge is -2.13. The monoisotopic (exact) mass is 223 g/mol. The summed E-state index contributed by atoms with van der Waals surface area (Å²) < 4.78 is 10.6. The molecule has 1 unspecified atom stereocenters. The van der Waals surface area contributed by atoms with E-state index in [1.807, 2.05) is 6.92 Å². The van der Waals surface area contributed by atoms with E-state index in [4.69, 9.17) is 15.2 Å². The number of methoxy groups -OCH3 is 1. The van der Waals surface area contributed by atoms with Crippen molar-refractivity contribution in [3.05, 3.63) is 23.8 Å². The highest BCUT2D eigenvalue weighted by molar-refractivity contribution is 6.02. The lowest BCUT2D eigenvalue weighted by atomic mass is 10.0. The normalized spacial score (nSPS) is 12.0. The molecular weight excluding hydrogens is 206 g/mol. The lowest BCUT2D eigenvalue weighted by Crippen LogP contribution is -2.27. The predicted octanol–water partition coefficient (Wildman–Crippen LogP) is 1.62. The molecule has 2 N–H and O–H groups in total. The minimum atomic E-state index is -0.550. The minimum absolute atomic E-state index is 0.154. The molecule has 0 aromatic heterocycles. The van der Waals surface area contributed by atoms with Crippen LogP contribution < -0.4 is 15.2 Å². The lowest BCUT2D eigenvalue weighted by molar-refractivity contribution is 0.0964. The number of benzene rings is 1. The van der Waals surface area contributed by atoms with Gasteiger partial charge in [-0.25, -0.2) is 0 Å². The maximum Gasteiger partial charge on any atom is 0.183 e. The SMILES string of the molecule is CCOc1cccc(C(=O)C(C)N)c1OC. The van der Waals surface area contributed by atoms with Crippen LogP contribution in [-0.4, -0.2) is 25.5 Å². The fraction of sp³-hybridized carbons (Fsp3) is 0.417. The first-order chi connectivity index (χ1) is 7.61. The first-order valence-corrected chi connectivity index (χ1v) is 5.21. The predicted molar refractivity (Wildman–Crippen MR) is 62.1 cm³/mol. The zero-order valence-corrected chi connectivity index (χ0v) is 9.82. The second-order valence-electron chi connectivity index (χ2n) is 3.42. The van der Waals surface area contributed by atoms with Crippen molar-refractivity contribution in [1.29, 1.82) is 0 Å². The molecule has 88 valence electrons. The number of nitrogens with two attached hydrogens (primary N) is 1. The second kappa shape index (κ2) is 5.51. The van der Waals surface area contributed by atoms with Gasteiger partial charge in [0.05, 0.1) is 25.3 Å². The molecule has 1 aromatic carbocycles. The van der Waals surface area contributed by atoms with Gasteiger partial charge in [-0.05, 0) is 26.0 Å². The van der Waals surface area contributed by atoms with Crippen LogP contribution >= 0.6 is 0 Å². The molecule has 16 heavy (non-hydrogen) atoms. The van der Waals surface area contributed by atoms with Crippen molar-refractivity contribution in [3.8, 4) is 11.5 Å². The molecule has 0 aliphatic rings. The van der Waals surface area contributed by atoms with Crippen molar-refractivity contribution in [2.24, 2.45) is 5.73 Å². The highest BCUT2D eigenvalue weighted by Gasteiger charge is 2.18. The van der Waals surface area contributed by atoms with Crippen LogP contribution in [0.2, 0.25) is 0 Å². The van der Waals surface area contributed by atoms with E-state index in [2.05, 4.69) is 0 Å². The van der Waals surface area contributed by atoms with Gasteiger partial charge in [-0.3, -0.25) is 4.79 Å². The van der Waals surface area contributed by atoms with Gasteiger partial charge in [-0.2, -0.15) is 0 Å². The van der Waals surface area contributed by atoms with Crippen LogP contribution in [0.5, 0.6) is 11.5 Å². The highest BCUT2D eigenvalue weighted by Crippen LogP contribution is 2.31. The molecular formula is C12H17NO3. The Balaban J connectivity index is 3.18. The first-order valence-electron chi connectivity index (χ1n) is 5.21. The molecule has 4 heteroatoms. The number of para-hydroxylation sites is 1. The number of carbonyl (C=O) groups excluding carboxylic acids is 1. The van der Waals surface area contributed by atoms with E-state index >= 15 is 0 Å². The molecule has 0 spiro atoms.